The largest absolute Gasteiger partial charge is 0.477 e. The Morgan fingerprint density at radius 2 is 2.07 bits per heavy atom. The Hall–Kier alpha value is -2.10. The molecule has 1 aliphatic rings. The van der Waals surface area contributed by atoms with Gasteiger partial charge in [0.2, 0.25) is 11.9 Å². The molecule has 0 bridgehead atoms. The van der Waals surface area contributed by atoms with Gasteiger partial charge in [-0.25, -0.2) is 4.79 Å². The van der Waals surface area contributed by atoms with E-state index in [0.717, 1.165) is 0 Å². The van der Waals surface area contributed by atoms with Crippen molar-refractivity contribution in [3.05, 3.63) is 38.9 Å². The highest BCUT2D eigenvalue weighted by atomic mass is 79.9. The van der Waals surface area contributed by atoms with Gasteiger partial charge in [-0.1, -0.05) is 0 Å². The van der Waals surface area contributed by atoms with Crippen LogP contribution < -0.4 is 9.80 Å². The topological polar surface area (TPSA) is 105 Å². The zero-order chi connectivity index (χ0) is 20.0. The van der Waals surface area contributed by atoms with Crippen LogP contribution in [0.25, 0.3) is 10.9 Å². The Kier molecular flexibility index (Phi) is 4.96. The molecule has 1 fully saturated rings. The van der Waals surface area contributed by atoms with E-state index >= 15 is 0 Å². The molecular weight excluding hydrogens is 416 g/mol. The maximum atomic E-state index is 12.1. The van der Waals surface area contributed by atoms with Crippen LogP contribution in [-0.4, -0.2) is 52.2 Å². The van der Waals surface area contributed by atoms with Crippen LogP contribution in [0, 0.1) is 10.1 Å². The molecule has 2 aromatic rings. The standard InChI is InChI=1S/C18H21BrN4O4/c1-18(2,3)23(9-8-20-10-14(23)17(24)25)15-7-4-11-12(21-15)5-6-13(16(11)19)22(26)27/h4-7,14,20H,8-10H2,1-3H3/p+1. The third kappa shape index (κ3) is 3.09. The number of fused-ring (bicyclic) bond motifs is 1. The zero-order valence-corrected chi connectivity index (χ0v) is 17.0. The van der Waals surface area contributed by atoms with Crippen LogP contribution in [-0.2, 0) is 4.79 Å². The number of aliphatic carboxylic acids is 1. The Morgan fingerprint density at radius 1 is 1.37 bits per heavy atom. The number of nitro benzene ring substituents is 1. The summed E-state index contributed by atoms with van der Waals surface area (Å²) in [6, 6.07) is 5.92. The van der Waals surface area contributed by atoms with E-state index in [4.69, 9.17) is 4.98 Å². The van der Waals surface area contributed by atoms with E-state index in [-0.39, 0.29) is 10.2 Å². The molecule has 1 saturated heterocycles. The van der Waals surface area contributed by atoms with E-state index in [1.807, 2.05) is 20.8 Å². The van der Waals surface area contributed by atoms with E-state index in [0.29, 0.717) is 40.8 Å². The molecule has 3 rings (SSSR count). The molecule has 1 aromatic heterocycles. The number of rotatable bonds is 3. The van der Waals surface area contributed by atoms with Gasteiger partial charge in [0, 0.05) is 24.1 Å². The summed E-state index contributed by atoms with van der Waals surface area (Å²) in [5, 5.41) is 24.8. The fourth-order valence-electron chi connectivity index (χ4n) is 4.01. The predicted octanol–water partition coefficient (Wildman–Crippen LogP) is 3.07. The molecule has 9 heteroatoms. The van der Waals surface area contributed by atoms with Crippen molar-refractivity contribution in [1.82, 2.24) is 14.8 Å². The molecule has 0 aliphatic carbocycles. The fourth-order valence-corrected chi connectivity index (χ4v) is 4.62. The number of carboxylic acids is 1. The maximum absolute atomic E-state index is 12.1. The van der Waals surface area contributed by atoms with Crippen molar-refractivity contribution in [3.8, 4) is 0 Å². The summed E-state index contributed by atoms with van der Waals surface area (Å²) in [7, 11) is 0. The van der Waals surface area contributed by atoms with E-state index < -0.39 is 22.5 Å². The van der Waals surface area contributed by atoms with Crippen LogP contribution in [0.2, 0.25) is 0 Å². The molecule has 1 aliphatic heterocycles. The lowest BCUT2D eigenvalue weighted by atomic mass is 9.94. The van der Waals surface area contributed by atoms with Crippen LogP contribution in [0.3, 0.4) is 0 Å². The Labute approximate surface area is 165 Å². The number of piperazine rings is 1. The van der Waals surface area contributed by atoms with Crippen molar-refractivity contribution in [2.75, 3.05) is 19.6 Å². The molecule has 2 unspecified atom stereocenters. The second kappa shape index (κ2) is 6.81. The number of nitro groups is 1. The average molecular weight is 438 g/mol. The van der Waals surface area contributed by atoms with E-state index in [1.54, 1.807) is 18.2 Å². The number of hydrogen-bond acceptors (Lipinski definition) is 5. The van der Waals surface area contributed by atoms with Gasteiger partial charge in [0.1, 0.15) is 4.47 Å². The van der Waals surface area contributed by atoms with E-state index in [2.05, 4.69) is 21.2 Å². The molecule has 0 saturated carbocycles. The van der Waals surface area contributed by atoms with Gasteiger partial charge in [0.15, 0.2) is 0 Å². The highest BCUT2D eigenvalue weighted by Gasteiger charge is 2.54. The number of carbonyl (C=O) groups is 1. The normalized spacial score (nSPS) is 23.3. The van der Waals surface area contributed by atoms with Gasteiger partial charge < -0.3 is 10.4 Å². The van der Waals surface area contributed by atoms with Gasteiger partial charge in [-0.15, -0.1) is 0 Å². The smallest absolute Gasteiger partial charge is 0.364 e. The van der Waals surface area contributed by atoms with Crippen LogP contribution in [0.1, 0.15) is 20.8 Å². The summed E-state index contributed by atoms with van der Waals surface area (Å²) in [6.07, 6.45) is 0. The molecule has 1 aromatic carbocycles. The maximum Gasteiger partial charge on any atom is 0.364 e. The van der Waals surface area contributed by atoms with Gasteiger partial charge >= 0.3 is 5.97 Å². The highest BCUT2D eigenvalue weighted by molar-refractivity contribution is 9.10. The van der Waals surface area contributed by atoms with Crippen molar-refractivity contribution >= 4 is 44.3 Å². The lowest BCUT2D eigenvalue weighted by molar-refractivity contribution is -0.385. The van der Waals surface area contributed by atoms with E-state index in [1.165, 1.54) is 6.07 Å². The first-order valence-electron chi connectivity index (χ1n) is 8.65. The molecule has 2 atom stereocenters. The number of quaternary nitrogens is 1. The lowest BCUT2D eigenvalue weighted by Gasteiger charge is -2.52. The molecule has 8 nitrogen and oxygen atoms in total. The predicted molar refractivity (Wildman–Crippen MR) is 107 cm³/mol. The number of benzene rings is 1. The number of halogens is 1. The minimum Gasteiger partial charge on any atom is -0.477 e. The van der Waals surface area contributed by atoms with Crippen LogP contribution in [0.5, 0.6) is 0 Å². The highest BCUT2D eigenvalue weighted by Crippen LogP contribution is 2.39. The summed E-state index contributed by atoms with van der Waals surface area (Å²) in [5.74, 6) is -0.214. The summed E-state index contributed by atoms with van der Waals surface area (Å²) >= 11 is 3.30. The van der Waals surface area contributed by atoms with Crippen molar-refractivity contribution in [3.63, 3.8) is 0 Å². The zero-order valence-electron chi connectivity index (χ0n) is 15.4. The molecule has 144 valence electrons. The summed E-state index contributed by atoms with van der Waals surface area (Å²) in [4.78, 5) is 27.5. The summed E-state index contributed by atoms with van der Waals surface area (Å²) in [5.41, 5.74) is 0.167. The van der Waals surface area contributed by atoms with Crippen LogP contribution >= 0.6 is 15.9 Å². The lowest BCUT2D eigenvalue weighted by Crippen LogP contribution is -2.75. The molecule has 2 heterocycles. The molecule has 2 N–H and O–H groups in total. The first-order valence-corrected chi connectivity index (χ1v) is 9.44. The number of pyridine rings is 1. The van der Waals surface area contributed by atoms with Gasteiger partial charge in [0.05, 0.1) is 29.1 Å². The number of nitrogens with one attached hydrogen (secondary N) is 1. The minimum absolute atomic E-state index is 0.0256. The quantitative estimate of drug-likeness (QED) is 0.434. The summed E-state index contributed by atoms with van der Waals surface area (Å²) in [6.45, 7) is 7.69. The number of carboxylic acid groups (broad SMARTS) is 1. The minimum atomic E-state index is -0.871. The van der Waals surface area contributed by atoms with Crippen molar-refractivity contribution in [2.24, 2.45) is 0 Å². The third-order valence-corrected chi connectivity index (χ3v) is 6.20. The molecule has 0 spiro atoms. The molecular formula is C18H22BrN4O4+. The third-order valence-electron chi connectivity index (χ3n) is 5.37. The second-order valence-corrected chi connectivity index (χ2v) is 8.51. The molecule has 0 radical (unpaired) electrons. The summed E-state index contributed by atoms with van der Waals surface area (Å²) < 4.78 is 0.585. The monoisotopic (exact) mass is 437 g/mol. The molecule has 27 heavy (non-hydrogen) atoms. The van der Waals surface area contributed by atoms with Crippen molar-refractivity contribution in [1.29, 1.82) is 0 Å². The van der Waals surface area contributed by atoms with Gasteiger partial charge in [-0.2, -0.15) is 4.98 Å². The average Bonchev–Trinajstić information content (AvgIpc) is 2.60. The van der Waals surface area contributed by atoms with E-state index in [9.17, 15) is 20.0 Å². The second-order valence-electron chi connectivity index (χ2n) is 7.71. The number of nitrogens with zero attached hydrogens (tertiary/aromatic N) is 3. The SMILES string of the molecule is CC(C)(C)[N+]1(c2ccc3c(Br)c([N+](=O)[O-])ccc3n2)CCNCC1C(=O)O. The number of hydrogen-bond donors (Lipinski definition) is 2. The Bertz CT molecular complexity index is 927. The first-order chi connectivity index (χ1) is 12.6. The fraction of sp³-hybridized carbons (Fsp3) is 0.444. The van der Waals surface area contributed by atoms with Crippen molar-refractivity contribution < 1.29 is 14.8 Å². The number of aromatic nitrogens is 1. The van der Waals surface area contributed by atoms with Crippen molar-refractivity contribution in [2.45, 2.75) is 32.4 Å². The Morgan fingerprint density at radius 3 is 2.67 bits per heavy atom. The first kappa shape index (κ1) is 19.7. The van der Waals surface area contributed by atoms with Gasteiger partial charge in [-0.05, 0) is 48.8 Å². The van der Waals surface area contributed by atoms with Gasteiger partial charge in [-0.3, -0.25) is 14.6 Å². The van der Waals surface area contributed by atoms with Gasteiger partial charge in [0.25, 0.3) is 5.69 Å². The van der Waals surface area contributed by atoms with Crippen LogP contribution in [0.15, 0.2) is 28.7 Å². The Balaban J connectivity index is 2.24. The molecule has 0 amide bonds. The van der Waals surface area contributed by atoms with Crippen LogP contribution in [0.4, 0.5) is 11.5 Å².